The van der Waals surface area contributed by atoms with Crippen LogP contribution in [0.25, 0.3) is 0 Å². The number of nitrogens with one attached hydrogen (secondary N) is 1. The molecule has 0 aromatic heterocycles. The second kappa shape index (κ2) is 18.7. The van der Waals surface area contributed by atoms with Crippen LogP contribution in [0.3, 0.4) is 0 Å². The lowest BCUT2D eigenvalue weighted by Crippen LogP contribution is -2.50. The molecule has 1 amide bonds. The molecule has 16 nitrogen and oxygen atoms in total. The van der Waals surface area contributed by atoms with Gasteiger partial charge in [0.1, 0.15) is 0 Å². The minimum atomic E-state index is -1.06. The molecular formula is C28H44N6O10. The van der Waals surface area contributed by atoms with Gasteiger partial charge in [-0.15, -0.1) is 0 Å². The molecule has 1 saturated heterocycles. The van der Waals surface area contributed by atoms with Crippen molar-refractivity contribution in [2.75, 3.05) is 90.8 Å². The summed E-state index contributed by atoms with van der Waals surface area (Å²) in [6.07, 6.45) is -1.39. The van der Waals surface area contributed by atoms with E-state index >= 15 is 0 Å². The summed E-state index contributed by atoms with van der Waals surface area (Å²) < 4.78 is 0. The molecule has 0 radical (unpaired) electrons. The van der Waals surface area contributed by atoms with Crippen LogP contribution in [-0.2, 0) is 24.0 Å². The van der Waals surface area contributed by atoms with E-state index in [2.05, 4.69) is 5.32 Å². The molecule has 1 aromatic carbocycles. The number of carbonyl (C=O) groups is 5. The average molecular weight is 625 g/mol. The van der Waals surface area contributed by atoms with Gasteiger partial charge >= 0.3 is 23.9 Å². The van der Waals surface area contributed by atoms with Gasteiger partial charge in [0.25, 0.3) is 0 Å². The molecule has 1 aliphatic heterocycles. The first-order chi connectivity index (χ1) is 20.8. The minimum absolute atomic E-state index is 0.101. The van der Waals surface area contributed by atoms with Crippen LogP contribution in [0.4, 0.5) is 5.69 Å². The molecule has 1 aliphatic rings. The number of benzene rings is 1. The Hall–Kier alpha value is -3.83. The Morgan fingerprint density at radius 1 is 0.659 bits per heavy atom. The average Bonchev–Trinajstić information content (AvgIpc) is 2.92. The lowest BCUT2D eigenvalue weighted by Gasteiger charge is -2.33. The zero-order chi connectivity index (χ0) is 32.6. The third-order valence-corrected chi connectivity index (χ3v) is 7.27. The molecular weight excluding hydrogens is 580 g/mol. The van der Waals surface area contributed by atoms with E-state index in [1.165, 1.54) is 0 Å². The number of nitrogens with zero attached hydrogens (tertiary/aromatic N) is 4. The number of aliphatic hydroxyl groups excluding tert-OH is 1. The fraction of sp³-hybridized carbons (Fsp3) is 0.607. The summed E-state index contributed by atoms with van der Waals surface area (Å²) in [6, 6.07) is 6.61. The zero-order valence-electron chi connectivity index (χ0n) is 24.7. The van der Waals surface area contributed by atoms with E-state index in [4.69, 9.17) is 5.73 Å². The number of anilines is 1. The molecule has 44 heavy (non-hydrogen) atoms. The number of carbonyl (C=O) groups excluding carboxylic acids is 1. The summed E-state index contributed by atoms with van der Waals surface area (Å²) in [6.45, 7) is 1.55. The molecule has 8 N–H and O–H groups in total. The first-order valence-corrected chi connectivity index (χ1v) is 14.4. The van der Waals surface area contributed by atoms with E-state index in [-0.39, 0.29) is 71.7 Å². The molecule has 0 aliphatic carbocycles. The minimum Gasteiger partial charge on any atom is -0.481 e. The summed E-state index contributed by atoms with van der Waals surface area (Å²) >= 11 is 0. The SMILES string of the molecule is Nc1ccc(C(CC(=O)O)CC(=O)NCC(O)CN2CCN(CC(=O)O)CCN(CC(=O)O)CCN(CC(=O)O)CC2)cc1. The third kappa shape index (κ3) is 15.1. The van der Waals surface area contributed by atoms with Crippen LogP contribution in [0.1, 0.15) is 24.3 Å². The number of amides is 1. The van der Waals surface area contributed by atoms with Crippen LogP contribution in [0.15, 0.2) is 24.3 Å². The highest BCUT2D eigenvalue weighted by atomic mass is 16.4. The molecule has 0 bridgehead atoms. The van der Waals surface area contributed by atoms with Crippen molar-refractivity contribution in [1.29, 1.82) is 0 Å². The number of hydrogen-bond acceptors (Lipinski definition) is 11. The summed E-state index contributed by atoms with van der Waals surface area (Å²) in [5, 5.41) is 50.7. The van der Waals surface area contributed by atoms with Crippen molar-refractivity contribution in [3.63, 3.8) is 0 Å². The van der Waals surface area contributed by atoms with Gasteiger partial charge in [0.2, 0.25) is 5.91 Å². The highest BCUT2D eigenvalue weighted by molar-refractivity contribution is 5.78. The number of β-amino-alcohol motifs (C(OH)–C–C–N with tert-alkyl or cyclic N) is 1. The normalized spacial score (nSPS) is 17.9. The van der Waals surface area contributed by atoms with Crippen LogP contribution in [0.2, 0.25) is 0 Å². The van der Waals surface area contributed by atoms with E-state index in [0.29, 0.717) is 37.4 Å². The van der Waals surface area contributed by atoms with Gasteiger partial charge in [0.15, 0.2) is 0 Å². The number of carboxylic acids is 4. The van der Waals surface area contributed by atoms with E-state index in [1.807, 2.05) is 4.90 Å². The Labute approximate surface area is 255 Å². The van der Waals surface area contributed by atoms with Crippen molar-refractivity contribution in [2.45, 2.75) is 24.9 Å². The van der Waals surface area contributed by atoms with Gasteiger partial charge < -0.3 is 36.6 Å². The number of hydrogen-bond donors (Lipinski definition) is 7. The monoisotopic (exact) mass is 624 g/mol. The summed E-state index contributed by atoms with van der Waals surface area (Å²) in [5.74, 6) is -5.20. The molecule has 2 unspecified atom stereocenters. The van der Waals surface area contributed by atoms with Crippen LogP contribution < -0.4 is 11.1 Å². The zero-order valence-corrected chi connectivity index (χ0v) is 24.7. The Balaban J connectivity index is 2.04. The van der Waals surface area contributed by atoms with E-state index < -0.39 is 41.8 Å². The van der Waals surface area contributed by atoms with Gasteiger partial charge in [0, 0.05) is 83.5 Å². The lowest BCUT2D eigenvalue weighted by molar-refractivity contribution is -0.140. The first-order valence-electron chi connectivity index (χ1n) is 14.4. The molecule has 2 rings (SSSR count). The predicted octanol–water partition coefficient (Wildman–Crippen LogP) is -1.83. The smallest absolute Gasteiger partial charge is 0.317 e. The van der Waals surface area contributed by atoms with Crippen molar-refractivity contribution in [1.82, 2.24) is 24.9 Å². The Kier molecular flexibility index (Phi) is 15.5. The largest absolute Gasteiger partial charge is 0.481 e. The fourth-order valence-corrected chi connectivity index (χ4v) is 4.99. The molecule has 0 spiro atoms. The summed E-state index contributed by atoms with van der Waals surface area (Å²) in [7, 11) is 0. The maximum Gasteiger partial charge on any atom is 0.317 e. The lowest BCUT2D eigenvalue weighted by atomic mass is 9.92. The summed E-state index contributed by atoms with van der Waals surface area (Å²) in [5.41, 5.74) is 6.87. The number of aliphatic carboxylic acids is 4. The first kappa shape index (κ1) is 36.4. The second-order valence-corrected chi connectivity index (χ2v) is 10.9. The van der Waals surface area contributed by atoms with E-state index in [9.17, 15) is 49.5 Å². The highest BCUT2D eigenvalue weighted by Gasteiger charge is 2.23. The number of carboxylic acid groups (broad SMARTS) is 4. The number of nitrogen functional groups attached to an aromatic ring is 1. The Morgan fingerprint density at radius 3 is 1.45 bits per heavy atom. The molecule has 16 heteroatoms. The van der Waals surface area contributed by atoms with Gasteiger partial charge in [-0.05, 0) is 17.7 Å². The Morgan fingerprint density at radius 2 is 1.07 bits per heavy atom. The molecule has 0 saturated carbocycles. The van der Waals surface area contributed by atoms with Crippen molar-refractivity contribution in [3.05, 3.63) is 29.8 Å². The topological polar surface area (TPSA) is 238 Å². The maximum absolute atomic E-state index is 12.7. The quantitative estimate of drug-likeness (QED) is 0.106. The standard InChI is InChI=1S/C28H44N6O10/c29-22-3-1-20(2-4-22)21(14-25(37)38)13-24(36)30-15-23(35)16-31-5-7-32(17-26(39)40)9-11-34(19-28(43)44)12-10-33(8-6-31)18-27(41)42/h1-4,21,23,35H,5-19,29H2,(H,30,36)(H,37,38)(H,39,40)(H,41,42)(H,43,44). The number of nitrogens with two attached hydrogens (primary N) is 1. The third-order valence-electron chi connectivity index (χ3n) is 7.27. The van der Waals surface area contributed by atoms with Crippen LogP contribution in [-0.4, -0.2) is 166 Å². The molecule has 1 heterocycles. The van der Waals surface area contributed by atoms with Gasteiger partial charge in [-0.1, -0.05) is 12.1 Å². The number of rotatable bonds is 15. The van der Waals surface area contributed by atoms with Crippen molar-refractivity contribution < 1.29 is 49.5 Å². The van der Waals surface area contributed by atoms with Crippen molar-refractivity contribution >= 4 is 35.5 Å². The van der Waals surface area contributed by atoms with Gasteiger partial charge in [-0.2, -0.15) is 0 Å². The fourth-order valence-electron chi connectivity index (χ4n) is 4.99. The predicted molar refractivity (Wildman–Crippen MR) is 158 cm³/mol. The molecule has 1 aromatic rings. The van der Waals surface area contributed by atoms with Gasteiger partial charge in [-0.3, -0.25) is 43.6 Å². The number of aliphatic hydroxyl groups is 1. The van der Waals surface area contributed by atoms with Crippen LogP contribution in [0, 0.1) is 0 Å². The van der Waals surface area contributed by atoms with E-state index in [0.717, 1.165) is 0 Å². The van der Waals surface area contributed by atoms with Crippen LogP contribution in [0.5, 0.6) is 0 Å². The molecule has 1 fully saturated rings. The Bertz CT molecular complexity index is 1070. The van der Waals surface area contributed by atoms with Gasteiger partial charge in [0.05, 0.1) is 32.2 Å². The molecule has 246 valence electrons. The van der Waals surface area contributed by atoms with Crippen molar-refractivity contribution in [2.24, 2.45) is 0 Å². The maximum atomic E-state index is 12.7. The molecule has 2 atom stereocenters. The second-order valence-electron chi connectivity index (χ2n) is 10.9. The highest BCUT2D eigenvalue weighted by Crippen LogP contribution is 2.24. The summed E-state index contributed by atoms with van der Waals surface area (Å²) in [4.78, 5) is 65.2. The van der Waals surface area contributed by atoms with Crippen molar-refractivity contribution in [3.8, 4) is 0 Å². The van der Waals surface area contributed by atoms with E-state index in [1.54, 1.807) is 39.0 Å². The van der Waals surface area contributed by atoms with Crippen LogP contribution >= 0.6 is 0 Å². The van der Waals surface area contributed by atoms with Gasteiger partial charge in [-0.25, -0.2) is 0 Å².